The van der Waals surface area contributed by atoms with E-state index in [2.05, 4.69) is 0 Å². The van der Waals surface area contributed by atoms with Crippen LogP contribution >= 0.6 is 11.6 Å². The largest absolute Gasteiger partial charge is 0.383 e. The monoisotopic (exact) mass is 378 g/mol. The van der Waals surface area contributed by atoms with Gasteiger partial charge >= 0.3 is 0 Å². The number of piperidine rings is 2. The van der Waals surface area contributed by atoms with Crippen LogP contribution in [-0.4, -0.2) is 61.5 Å². The van der Waals surface area contributed by atoms with E-state index >= 15 is 0 Å². The number of amides is 2. The molecule has 1 atom stereocenters. The molecule has 2 heterocycles. The number of rotatable bonds is 4. The van der Waals surface area contributed by atoms with Gasteiger partial charge in [-0.1, -0.05) is 17.7 Å². The van der Waals surface area contributed by atoms with Gasteiger partial charge in [-0.15, -0.1) is 0 Å². The zero-order valence-corrected chi connectivity index (χ0v) is 16.3. The van der Waals surface area contributed by atoms with Crippen molar-refractivity contribution in [3.63, 3.8) is 0 Å². The summed E-state index contributed by atoms with van der Waals surface area (Å²) in [5.74, 6) is 0.242. The molecule has 1 aromatic rings. The fourth-order valence-electron chi connectivity index (χ4n) is 4.22. The normalized spacial score (nSPS) is 23.6. The SMILES string of the molecule is COCCN1C[C@]2(CCCN(C(=O)c3cc(Cl)ccc3C)C2)CCC1=O. The molecule has 2 aliphatic heterocycles. The van der Waals surface area contributed by atoms with Gasteiger partial charge in [0.1, 0.15) is 0 Å². The Balaban J connectivity index is 1.75. The molecule has 142 valence electrons. The van der Waals surface area contributed by atoms with Gasteiger partial charge in [0, 0.05) is 55.7 Å². The Bertz CT molecular complexity index is 694. The van der Waals surface area contributed by atoms with E-state index in [9.17, 15) is 9.59 Å². The van der Waals surface area contributed by atoms with Crippen molar-refractivity contribution >= 4 is 23.4 Å². The summed E-state index contributed by atoms with van der Waals surface area (Å²) in [6, 6.07) is 5.46. The zero-order chi connectivity index (χ0) is 18.7. The molecule has 0 unspecified atom stereocenters. The number of hydrogen-bond acceptors (Lipinski definition) is 3. The predicted molar refractivity (Wildman–Crippen MR) is 101 cm³/mol. The summed E-state index contributed by atoms with van der Waals surface area (Å²) < 4.78 is 5.14. The molecule has 2 fully saturated rings. The van der Waals surface area contributed by atoms with Gasteiger partial charge in [-0.2, -0.15) is 0 Å². The van der Waals surface area contributed by atoms with Crippen molar-refractivity contribution in [3.8, 4) is 0 Å². The molecule has 2 amide bonds. The van der Waals surface area contributed by atoms with Crippen LogP contribution in [0, 0.1) is 12.3 Å². The number of nitrogens with zero attached hydrogens (tertiary/aromatic N) is 2. The number of aryl methyl sites for hydroxylation is 1. The van der Waals surface area contributed by atoms with E-state index in [4.69, 9.17) is 16.3 Å². The number of carbonyl (C=O) groups is 2. The van der Waals surface area contributed by atoms with E-state index in [1.807, 2.05) is 28.9 Å². The number of likely N-dealkylation sites (tertiary alicyclic amines) is 2. The summed E-state index contributed by atoms with van der Waals surface area (Å²) in [6.45, 7) is 5.29. The molecule has 2 aliphatic rings. The van der Waals surface area contributed by atoms with Crippen molar-refractivity contribution in [3.05, 3.63) is 34.3 Å². The molecule has 5 nitrogen and oxygen atoms in total. The minimum Gasteiger partial charge on any atom is -0.383 e. The highest BCUT2D eigenvalue weighted by Gasteiger charge is 2.42. The van der Waals surface area contributed by atoms with Crippen LogP contribution in [0.25, 0.3) is 0 Å². The second-order valence-electron chi connectivity index (χ2n) is 7.60. The standard InChI is InChI=1S/C20H27ClN2O3/c1-15-4-5-16(21)12-17(15)19(25)23-9-3-7-20(14-23)8-6-18(24)22(13-20)10-11-26-2/h4-5,12H,3,6-11,13-14H2,1-2H3/t20-/m0/s1. The van der Waals surface area contributed by atoms with Crippen LogP contribution in [0.4, 0.5) is 0 Å². The Kier molecular flexibility index (Phi) is 5.88. The summed E-state index contributed by atoms with van der Waals surface area (Å²) in [5, 5.41) is 0.583. The van der Waals surface area contributed by atoms with Crippen molar-refractivity contribution in [1.29, 1.82) is 0 Å². The third kappa shape index (κ3) is 4.04. The lowest BCUT2D eigenvalue weighted by molar-refractivity contribution is -0.139. The van der Waals surface area contributed by atoms with E-state index in [1.54, 1.807) is 13.2 Å². The second-order valence-corrected chi connectivity index (χ2v) is 8.03. The summed E-state index contributed by atoms with van der Waals surface area (Å²) in [4.78, 5) is 29.2. The number of methoxy groups -OCH3 is 1. The number of halogens is 1. The number of benzene rings is 1. The van der Waals surface area contributed by atoms with Gasteiger partial charge < -0.3 is 14.5 Å². The molecule has 0 N–H and O–H groups in total. The molecule has 0 aliphatic carbocycles. The van der Waals surface area contributed by atoms with Gasteiger partial charge in [0.05, 0.1) is 6.61 Å². The van der Waals surface area contributed by atoms with Crippen molar-refractivity contribution in [2.75, 3.05) is 39.9 Å². The van der Waals surface area contributed by atoms with Crippen LogP contribution in [0.3, 0.4) is 0 Å². The molecular weight excluding hydrogens is 352 g/mol. The summed E-state index contributed by atoms with van der Waals surface area (Å²) in [5.41, 5.74) is 1.62. The minimum atomic E-state index is 0.00202. The van der Waals surface area contributed by atoms with E-state index in [0.717, 1.165) is 31.4 Å². The van der Waals surface area contributed by atoms with Crippen LogP contribution in [-0.2, 0) is 9.53 Å². The Morgan fingerprint density at radius 1 is 1.31 bits per heavy atom. The van der Waals surface area contributed by atoms with Gasteiger partial charge in [0.25, 0.3) is 5.91 Å². The van der Waals surface area contributed by atoms with Crippen LogP contribution in [0.15, 0.2) is 18.2 Å². The molecule has 0 saturated carbocycles. The molecule has 2 saturated heterocycles. The van der Waals surface area contributed by atoms with Gasteiger partial charge in [0.2, 0.25) is 5.91 Å². The lowest BCUT2D eigenvalue weighted by atomic mass is 9.73. The van der Waals surface area contributed by atoms with Gasteiger partial charge in [-0.25, -0.2) is 0 Å². The molecular formula is C20H27ClN2O3. The van der Waals surface area contributed by atoms with E-state index < -0.39 is 0 Å². The molecule has 0 radical (unpaired) electrons. The maximum atomic E-state index is 13.1. The third-order valence-electron chi connectivity index (χ3n) is 5.69. The topological polar surface area (TPSA) is 49.9 Å². The lowest BCUT2D eigenvalue weighted by Gasteiger charge is -2.48. The maximum absolute atomic E-state index is 13.1. The van der Waals surface area contributed by atoms with Crippen LogP contribution in [0.5, 0.6) is 0 Å². The van der Waals surface area contributed by atoms with Crippen molar-refractivity contribution in [1.82, 2.24) is 9.80 Å². The minimum absolute atomic E-state index is 0.00202. The van der Waals surface area contributed by atoms with Crippen molar-refractivity contribution in [2.24, 2.45) is 5.41 Å². The summed E-state index contributed by atoms with van der Waals surface area (Å²) in [6.07, 6.45) is 3.44. The smallest absolute Gasteiger partial charge is 0.254 e. The van der Waals surface area contributed by atoms with Crippen LogP contribution in [0.2, 0.25) is 5.02 Å². The van der Waals surface area contributed by atoms with E-state index in [-0.39, 0.29) is 17.2 Å². The molecule has 0 bridgehead atoms. The predicted octanol–water partition coefficient (Wildman–Crippen LogP) is 3.14. The average Bonchev–Trinajstić information content (AvgIpc) is 2.64. The molecule has 3 rings (SSSR count). The lowest BCUT2D eigenvalue weighted by Crippen LogP contribution is -2.55. The number of ether oxygens (including phenoxy) is 1. The Morgan fingerprint density at radius 3 is 2.88 bits per heavy atom. The van der Waals surface area contributed by atoms with Gasteiger partial charge in [0.15, 0.2) is 0 Å². The van der Waals surface area contributed by atoms with Gasteiger partial charge in [-0.3, -0.25) is 9.59 Å². The van der Waals surface area contributed by atoms with Crippen LogP contribution < -0.4 is 0 Å². The first kappa shape index (κ1) is 19.2. The first-order valence-electron chi connectivity index (χ1n) is 9.26. The molecule has 1 aromatic carbocycles. The fraction of sp³-hybridized carbons (Fsp3) is 0.600. The molecule has 0 aromatic heterocycles. The highest BCUT2D eigenvalue weighted by molar-refractivity contribution is 6.31. The van der Waals surface area contributed by atoms with Crippen LogP contribution in [0.1, 0.15) is 41.6 Å². The zero-order valence-electron chi connectivity index (χ0n) is 15.6. The quantitative estimate of drug-likeness (QED) is 0.808. The summed E-state index contributed by atoms with van der Waals surface area (Å²) in [7, 11) is 1.65. The molecule has 26 heavy (non-hydrogen) atoms. The molecule has 1 spiro atoms. The first-order chi connectivity index (χ1) is 12.4. The second kappa shape index (κ2) is 7.97. The highest BCUT2D eigenvalue weighted by atomic mass is 35.5. The van der Waals surface area contributed by atoms with Gasteiger partial charge in [-0.05, 0) is 43.9 Å². The van der Waals surface area contributed by atoms with E-state index in [1.165, 1.54) is 0 Å². The Morgan fingerprint density at radius 2 is 2.12 bits per heavy atom. The average molecular weight is 379 g/mol. The van der Waals surface area contributed by atoms with E-state index in [0.29, 0.717) is 43.2 Å². The summed E-state index contributed by atoms with van der Waals surface area (Å²) >= 11 is 6.10. The first-order valence-corrected chi connectivity index (χ1v) is 9.64. The fourth-order valence-corrected chi connectivity index (χ4v) is 4.39. The Labute approximate surface area is 160 Å². The Hall–Kier alpha value is -1.59. The third-order valence-corrected chi connectivity index (χ3v) is 5.93. The number of carbonyl (C=O) groups excluding carboxylic acids is 2. The molecule has 6 heteroatoms. The maximum Gasteiger partial charge on any atom is 0.254 e. The van der Waals surface area contributed by atoms with Crippen molar-refractivity contribution < 1.29 is 14.3 Å². The highest BCUT2D eigenvalue weighted by Crippen LogP contribution is 2.39. The van der Waals surface area contributed by atoms with Crippen molar-refractivity contribution in [2.45, 2.75) is 32.6 Å². The number of hydrogen-bond donors (Lipinski definition) is 0.